The molecule has 0 bridgehead atoms. The molecule has 0 radical (unpaired) electrons. The Morgan fingerprint density at radius 2 is 2.14 bits per heavy atom. The number of carbonyl (C=O) groups is 1. The van der Waals surface area contributed by atoms with Gasteiger partial charge in [-0.05, 0) is 43.5 Å². The van der Waals surface area contributed by atoms with Gasteiger partial charge in [0.05, 0.1) is 12.6 Å². The minimum absolute atomic E-state index is 0.178. The van der Waals surface area contributed by atoms with E-state index >= 15 is 0 Å². The van der Waals surface area contributed by atoms with Crippen molar-refractivity contribution in [1.29, 1.82) is 0 Å². The van der Waals surface area contributed by atoms with E-state index in [0.717, 1.165) is 44.5 Å². The van der Waals surface area contributed by atoms with E-state index < -0.39 is 0 Å². The highest BCUT2D eigenvalue weighted by atomic mass is 19.1. The third-order valence-corrected chi connectivity index (χ3v) is 3.73. The van der Waals surface area contributed by atoms with Gasteiger partial charge in [0.1, 0.15) is 5.82 Å². The van der Waals surface area contributed by atoms with Gasteiger partial charge in [-0.25, -0.2) is 4.39 Å². The lowest BCUT2D eigenvalue weighted by atomic mass is 10.1. The van der Waals surface area contributed by atoms with E-state index in [1.807, 2.05) is 0 Å². The summed E-state index contributed by atoms with van der Waals surface area (Å²) in [6, 6.07) is 6.16. The van der Waals surface area contributed by atoms with Gasteiger partial charge in [-0.15, -0.1) is 0 Å². The van der Waals surface area contributed by atoms with Gasteiger partial charge in [0.25, 0.3) is 0 Å². The Hall–Kier alpha value is -1.26. The van der Waals surface area contributed by atoms with Gasteiger partial charge in [0, 0.05) is 19.6 Å². The first-order valence-electron chi connectivity index (χ1n) is 7.77. The second-order valence-electron chi connectivity index (χ2n) is 5.71. The van der Waals surface area contributed by atoms with E-state index in [2.05, 4.69) is 11.8 Å². The molecule has 1 aromatic rings. The first-order valence-corrected chi connectivity index (χ1v) is 7.77. The predicted molar refractivity (Wildman–Crippen MR) is 80.8 cm³/mol. The molecule has 0 amide bonds. The molecule has 1 fully saturated rings. The third-order valence-electron chi connectivity index (χ3n) is 3.73. The largest absolute Gasteiger partial charge is 0.377 e. The van der Waals surface area contributed by atoms with E-state index in [1.54, 1.807) is 12.1 Å². The standard InChI is InChI=1S/C17H24FNO2/c1-2-10-21-17-4-3-9-19(13-17)12-16(20)11-14-5-7-15(18)8-6-14/h5-8,17H,2-4,9-13H2,1H3. The van der Waals surface area contributed by atoms with Crippen LogP contribution in [0, 0.1) is 5.82 Å². The molecule has 1 aromatic carbocycles. The molecule has 0 aromatic heterocycles. The first kappa shape index (κ1) is 16.1. The van der Waals surface area contributed by atoms with Crippen molar-refractivity contribution >= 4 is 5.78 Å². The topological polar surface area (TPSA) is 29.5 Å². The molecule has 116 valence electrons. The predicted octanol–water partition coefficient (Wildman–Crippen LogP) is 2.83. The van der Waals surface area contributed by atoms with Crippen molar-refractivity contribution in [3.8, 4) is 0 Å². The SMILES string of the molecule is CCCOC1CCCN(CC(=O)Cc2ccc(F)cc2)C1. The fraction of sp³-hybridized carbons (Fsp3) is 0.588. The Kier molecular flexibility index (Phi) is 6.33. The number of ether oxygens (including phenoxy) is 1. The number of likely N-dealkylation sites (tertiary alicyclic amines) is 1. The van der Waals surface area contributed by atoms with Crippen LogP contribution in [0.25, 0.3) is 0 Å². The van der Waals surface area contributed by atoms with E-state index in [9.17, 15) is 9.18 Å². The number of ketones is 1. The van der Waals surface area contributed by atoms with Crippen LogP contribution in [0.2, 0.25) is 0 Å². The molecule has 3 nitrogen and oxygen atoms in total. The maximum absolute atomic E-state index is 12.8. The summed E-state index contributed by atoms with van der Waals surface area (Å²) in [7, 11) is 0. The number of rotatable bonds is 7. The van der Waals surface area contributed by atoms with Crippen molar-refractivity contribution in [2.24, 2.45) is 0 Å². The fourth-order valence-corrected chi connectivity index (χ4v) is 2.71. The van der Waals surface area contributed by atoms with E-state index in [4.69, 9.17) is 4.74 Å². The third kappa shape index (κ3) is 5.56. The highest BCUT2D eigenvalue weighted by Crippen LogP contribution is 2.14. The highest BCUT2D eigenvalue weighted by Gasteiger charge is 2.21. The van der Waals surface area contributed by atoms with Crippen molar-refractivity contribution < 1.29 is 13.9 Å². The van der Waals surface area contributed by atoms with Crippen LogP contribution in [0.15, 0.2) is 24.3 Å². The van der Waals surface area contributed by atoms with Crippen molar-refractivity contribution in [2.45, 2.75) is 38.7 Å². The molecule has 0 N–H and O–H groups in total. The molecule has 4 heteroatoms. The molecule has 2 rings (SSSR count). The number of hydrogen-bond acceptors (Lipinski definition) is 3. The molecule has 21 heavy (non-hydrogen) atoms. The Balaban J connectivity index is 1.77. The van der Waals surface area contributed by atoms with Crippen LogP contribution in [-0.2, 0) is 16.0 Å². The van der Waals surface area contributed by atoms with Gasteiger partial charge in [-0.2, -0.15) is 0 Å². The van der Waals surface area contributed by atoms with Crippen LogP contribution in [0.5, 0.6) is 0 Å². The number of benzene rings is 1. The summed E-state index contributed by atoms with van der Waals surface area (Å²) in [4.78, 5) is 14.3. The van der Waals surface area contributed by atoms with Crippen molar-refractivity contribution in [3.05, 3.63) is 35.6 Å². The van der Waals surface area contributed by atoms with Crippen molar-refractivity contribution in [2.75, 3.05) is 26.2 Å². The lowest BCUT2D eigenvalue weighted by molar-refractivity contribution is -0.120. The Labute approximate surface area is 126 Å². The lowest BCUT2D eigenvalue weighted by Gasteiger charge is -2.32. The highest BCUT2D eigenvalue weighted by molar-refractivity contribution is 5.82. The van der Waals surface area contributed by atoms with Gasteiger partial charge in [0.2, 0.25) is 0 Å². The zero-order valence-electron chi connectivity index (χ0n) is 12.7. The number of piperidine rings is 1. The monoisotopic (exact) mass is 293 g/mol. The van der Waals surface area contributed by atoms with Crippen LogP contribution in [0.3, 0.4) is 0 Å². The molecule has 1 atom stereocenters. The fourth-order valence-electron chi connectivity index (χ4n) is 2.71. The van der Waals surface area contributed by atoms with Crippen LogP contribution < -0.4 is 0 Å². The quantitative estimate of drug-likeness (QED) is 0.774. The van der Waals surface area contributed by atoms with Crippen molar-refractivity contribution in [1.82, 2.24) is 4.90 Å². The zero-order chi connectivity index (χ0) is 15.1. The Morgan fingerprint density at radius 1 is 1.38 bits per heavy atom. The van der Waals surface area contributed by atoms with Crippen LogP contribution in [0.4, 0.5) is 4.39 Å². The summed E-state index contributed by atoms with van der Waals surface area (Å²) in [6.45, 7) is 5.16. The van der Waals surface area contributed by atoms with Gasteiger partial charge in [-0.3, -0.25) is 9.69 Å². The van der Waals surface area contributed by atoms with Gasteiger partial charge >= 0.3 is 0 Å². The molecular formula is C17H24FNO2. The van der Waals surface area contributed by atoms with Crippen molar-refractivity contribution in [3.63, 3.8) is 0 Å². The minimum Gasteiger partial charge on any atom is -0.377 e. The maximum Gasteiger partial charge on any atom is 0.151 e. The van der Waals surface area contributed by atoms with Gasteiger partial charge in [-0.1, -0.05) is 19.1 Å². The average Bonchev–Trinajstić information content (AvgIpc) is 2.48. The molecular weight excluding hydrogens is 269 g/mol. The molecule has 0 saturated carbocycles. The van der Waals surface area contributed by atoms with E-state index in [-0.39, 0.29) is 17.7 Å². The number of halogens is 1. The Morgan fingerprint density at radius 3 is 2.86 bits per heavy atom. The summed E-state index contributed by atoms with van der Waals surface area (Å²) < 4.78 is 18.6. The lowest BCUT2D eigenvalue weighted by Crippen LogP contribution is -2.42. The summed E-state index contributed by atoms with van der Waals surface area (Å²) >= 11 is 0. The smallest absolute Gasteiger partial charge is 0.151 e. The summed E-state index contributed by atoms with van der Waals surface area (Å²) in [5, 5.41) is 0. The first-order chi connectivity index (χ1) is 10.2. The number of Topliss-reactive ketones (excluding diaryl/α,β-unsaturated/α-hetero) is 1. The maximum atomic E-state index is 12.8. The summed E-state index contributed by atoms with van der Waals surface area (Å²) in [6.07, 6.45) is 3.83. The minimum atomic E-state index is -0.266. The van der Waals surface area contributed by atoms with Crippen LogP contribution >= 0.6 is 0 Å². The number of carbonyl (C=O) groups excluding carboxylic acids is 1. The van der Waals surface area contributed by atoms with Crippen LogP contribution in [-0.4, -0.2) is 43.0 Å². The van der Waals surface area contributed by atoms with Crippen LogP contribution in [0.1, 0.15) is 31.7 Å². The molecule has 1 unspecified atom stereocenters. The van der Waals surface area contributed by atoms with E-state index in [0.29, 0.717) is 13.0 Å². The summed E-state index contributed by atoms with van der Waals surface area (Å²) in [5.74, 6) is -0.0871. The van der Waals surface area contributed by atoms with Gasteiger partial charge in [0.15, 0.2) is 5.78 Å². The second-order valence-corrected chi connectivity index (χ2v) is 5.71. The molecule has 0 spiro atoms. The molecule has 1 aliphatic heterocycles. The molecule has 1 saturated heterocycles. The number of hydrogen-bond donors (Lipinski definition) is 0. The molecule has 1 heterocycles. The second kappa shape index (κ2) is 8.25. The molecule has 0 aliphatic carbocycles. The summed E-state index contributed by atoms with van der Waals surface area (Å²) in [5.41, 5.74) is 0.872. The average molecular weight is 293 g/mol. The number of nitrogens with zero attached hydrogens (tertiary/aromatic N) is 1. The molecule has 1 aliphatic rings. The van der Waals surface area contributed by atoms with Gasteiger partial charge < -0.3 is 4.74 Å². The Bertz CT molecular complexity index is 447. The normalized spacial score (nSPS) is 19.6. The van der Waals surface area contributed by atoms with E-state index in [1.165, 1.54) is 12.1 Å². The zero-order valence-corrected chi connectivity index (χ0v) is 12.7.